The number of aromatic nitrogens is 2. The lowest BCUT2D eigenvalue weighted by Crippen LogP contribution is -1.91. The van der Waals surface area contributed by atoms with Crippen LogP contribution in [0.3, 0.4) is 0 Å². The van der Waals surface area contributed by atoms with Crippen molar-refractivity contribution in [3.05, 3.63) is 29.1 Å². The first-order valence-corrected chi connectivity index (χ1v) is 6.50. The van der Waals surface area contributed by atoms with Crippen molar-refractivity contribution in [2.45, 2.75) is 31.6 Å². The monoisotopic (exact) mass is 263 g/mol. The number of anilines is 1. The molecule has 3 rings (SSSR count). The number of hydrogen-bond acceptors (Lipinski definition) is 4. The van der Waals surface area contributed by atoms with E-state index in [9.17, 15) is 0 Å². The minimum absolute atomic E-state index is 0.408. The normalized spacial score (nSPS) is 16.3. The van der Waals surface area contributed by atoms with E-state index in [4.69, 9.17) is 21.8 Å². The Hall–Kier alpha value is -1.55. The van der Waals surface area contributed by atoms with Gasteiger partial charge in [-0.05, 0) is 31.0 Å². The Morgan fingerprint density at radius 2 is 2.00 bits per heavy atom. The summed E-state index contributed by atoms with van der Waals surface area (Å²) >= 11 is 6.12. The van der Waals surface area contributed by atoms with E-state index in [1.165, 1.54) is 12.8 Å². The Balaban J connectivity index is 1.94. The van der Waals surface area contributed by atoms with Crippen molar-refractivity contribution in [1.82, 2.24) is 10.2 Å². The van der Waals surface area contributed by atoms with Crippen LogP contribution < -0.4 is 5.73 Å². The van der Waals surface area contributed by atoms with Crippen LogP contribution in [0.15, 0.2) is 22.6 Å². The maximum Gasteiger partial charge on any atom is 0.249 e. The third kappa shape index (κ3) is 2.08. The Morgan fingerprint density at radius 3 is 2.78 bits per heavy atom. The Kier molecular flexibility index (Phi) is 2.96. The average molecular weight is 264 g/mol. The van der Waals surface area contributed by atoms with Gasteiger partial charge in [0.05, 0.1) is 10.6 Å². The summed E-state index contributed by atoms with van der Waals surface area (Å²) in [7, 11) is 0. The molecule has 0 radical (unpaired) electrons. The van der Waals surface area contributed by atoms with E-state index in [0.29, 0.717) is 28.1 Å². The molecule has 2 N–H and O–H groups in total. The van der Waals surface area contributed by atoms with Crippen molar-refractivity contribution in [3.63, 3.8) is 0 Å². The summed E-state index contributed by atoms with van der Waals surface area (Å²) in [6.45, 7) is 0. The molecule has 1 aliphatic rings. The quantitative estimate of drug-likeness (QED) is 0.841. The van der Waals surface area contributed by atoms with Crippen molar-refractivity contribution in [1.29, 1.82) is 0 Å². The average Bonchev–Trinajstić information content (AvgIpc) is 3.00. The molecular formula is C13H14ClN3O. The van der Waals surface area contributed by atoms with E-state index in [2.05, 4.69) is 10.2 Å². The molecule has 0 atom stereocenters. The fourth-order valence-corrected chi connectivity index (χ4v) is 2.59. The number of benzene rings is 1. The summed E-state index contributed by atoms with van der Waals surface area (Å²) in [5.41, 5.74) is 7.08. The molecule has 1 aromatic heterocycles. The summed E-state index contributed by atoms with van der Waals surface area (Å²) in [6.07, 6.45) is 4.74. The minimum Gasteiger partial charge on any atom is -0.420 e. The largest absolute Gasteiger partial charge is 0.420 e. The van der Waals surface area contributed by atoms with Gasteiger partial charge in [-0.1, -0.05) is 24.4 Å². The minimum atomic E-state index is 0.408. The van der Waals surface area contributed by atoms with Gasteiger partial charge in [-0.15, -0.1) is 10.2 Å². The first kappa shape index (κ1) is 11.5. The van der Waals surface area contributed by atoms with E-state index < -0.39 is 0 Å². The highest BCUT2D eigenvalue weighted by Crippen LogP contribution is 2.35. The number of nitrogens with two attached hydrogens (primary N) is 1. The summed E-state index contributed by atoms with van der Waals surface area (Å²) in [5, 5.41) is 8.78. The fraction of sp³-hybridized carbons (Fsp3) is 0.385. The van der Waals surface area contributed by atoms with Crippen molar-refractivity contribution in [3.8, 4) is 11.5 Å². The maximum absolute atomic E-state index is 6.12. The highest BCUT2D eigenvalue weighted by Gasteiger charge is 2.23. The van der Waals surface area contributed by atoms with Crippen molar-refractivity contribution in [2.24, 2.45) is 0 Å². The molecule has 4 nitrogen and oxygen atoms in total. The standard InChI is InChI=1S/C13H14ClN3O/c14-11-6-5-9(15)7-10(11)13-17-16-12(18-13)8-3-1-2-4-8/h5-8H,1-4,15H2. The summed E-state index contributed by atoms with van der Waals surface area (Å²) in [4.78, 5) is 0. The van der Waals surface area contributed by atoms with Gasteiger partial charge in [0.25, 0.3) is 0 Å². The van der Waals surface area contributed by atoms with Gasteiger partial charge in [-0.25, -0.2) is 0 Å². The highest BCUT2D eigenvalue weighted by atomic mass is 35.5. The molecule has 1 aromatic carbocycles. The van der Waals surface area contributed by atoms with Gasteiger partial charge in [-0.2, -0.15) is 0 Å². The van der Waals surface area contributed by atoms with Crippen LogP contribution in [0.2, 0.25) is 5.02 Å². The fourth-order valence-electron chi connectivity index (χ4n) is 2.39. The van der Waals surface area contributed by atoms with Crippen LogP contribution in [-0.2, 0) is 0 Å². The second-order valence-electron chi connectivity index (χ2n) is 4.67. The third-order valence-corrected chi connectivity index (χ3v) is 3.70. The van der Waals surface area contributed by atoms with Crippen LogP contribution in [0.5, 0.6) is 0 Å². The molecule has 0 aliphatic heterocycles. The van der Waals surface area contributed by atoms with Gasteiger partial charge in [0.15, 0.2) is 0 Å². The molecule has 1 saturated carbocycles. The van der Waals surface area contributed by atoms with E-state index in [0.717, 1.165) is 18.7 Å². The number of rotatable bonds is 2. The molecule has 1 fully saturated rings. The maximum atomic E-state index is 6.12. The van der Waals surface area contributed by atoms with Crippen molar-refractivity contribution in [2.75, 3.05) is 5.73 Å². The molecule has 2 aromatic rings. The van der Waals surface area contributed by atoms with Gasteiger partial charge in [0.2, 0.25) is 11.8 Å². The summed E-state index contributed by atoms with van der Waals surface area (Å²) < 4.78 is 5.73. The van der Waals surface area contributed by atoms with Crippen LogP contribution in [0.1, 0.15) is 37.5 Å². The molecule has 0 unspecified atom stereocenters. The predicted molar refractivity (Wildman–Crippen MR) is 70.4 cm³/mol. The Labute approximate surface area is 110 Å². The van der Waals surface area contributed by atoms with Gasteiger partial charge < -0.3 is 10.2 Å². The SMILES string of the molecule is Nc1ccc(Cl)c(-c2nnc(C3CCCC3)o2)c1. The van der Waals surface area contributed by atoms with Crippen LogP contribution in [0.4, 0.5) is 5.69 Å². The molecule has 94 valence electrons. The molecule has 1 aliphatic carbocycles. The summed E-state index contributed by atoms with van der Waals surface area (Å²) in [6, 6.07) is 5.25. The van der Waals surface area contributed by atoms with E-state index in [1.807, 2.05) is 0 Å². The number of nitrogen functional groups attached to an aromatic ring is 1. The molecule has 0 amide bonds. The first-order valence-electron chi connectivity index (χ1n) is 6.13. The lowest BCUT2D eigenvalue weighted by Gasteiger charge is -2.02. The zero-order valence-electron chi connectivity index (χ0n) is 9.90. The molecule has 18 heavy (non-hydrogen) atoms. The second-order valence-corrected chi connectivity index (χ2v) is 5.07. The van der Waals surface area contributed by atoms with Crippen LogP contribution in [-0.4, -0.2) is 10.2 Å². The lowest BCUT2D eigenvalue weighted by molar-refractivity contribution is 0.457. The smallest absolute Gasteiger partial charge is 0.249 e. The number of nitrogens with zero attached hydrogens (tertiary/aromatic N) is 2. The predicted octanol–water partition coefficient (Wildman–Crippen LogP) is 3.63. The zero-order chi connectivity index (χ0) is 12.5. The number of halogens is 1. The number of hydrogen-bond donors (Lipinski definition) is 1. The summed E-state index contributed by atoms with van der Waals surface area (Å²) in [5.74, 6) is 1.58. The third-order valence-electron chi connectivity index (χ3n) is 3.37. The van der Waals surface area contributed by atoms with Crippen molar-refractivity contribution < 1.29 is 4.42 Å². The van der Waals surface area contributed by atoms with Gasteiger partial charge in [-0.3, -0.25) is 0 Å². The van der Waals surface area contributed by atoms with Gasteiger partial charge in [0.1, 0.15) is 0 Å². The van der Waals surface area contributed by atoms with Crippen molar-refractivity contribution >= 4 is 17.3 Å². The molecule has 0 bridgehead atoms. The Morgan fingerprint density at radius 1 is 1.22 bits per heavy atom. The molecule has 0 spiro atoms. The van der Waals surface area contributed by atoms with E-state index in [-0.39, 0.29) is 0 Å². The zero-order valence-corrected chi connectivity index (χ0v) is 10.7. The second kappa shape index (κ2) is 4.61. The van der Waals surface area contributed by atoms with Gasteiger partial charge >= 0.3 is 0 Å². The first-order chi connectivity index (χ1) is 8.74. The molecule has 1 heterocycles. The molecule has 0 saturated heterocycles. The lowest BCUT2D eigenvalue weighted by atomic mass is 10.1. The van der Waals surface area contributed by atoms with Crippen LogP contribution >= 0.6 is 11.6 Å². The van der Waals surface area contributed by atoms with E-state index in [1.54, 1.807) is 18.2 Å². The van der Waals surface area contributed by atoms with E-state index >= 15 is 0 Å². The van der Waals surface area contributed by atoms with Gasteiger partial charge in [0, 0.05) is 11.6 Å². The van der Waals surface area contributed by atoms with Crippen LogP contribution in [0, 0.1) is 0 Å². The molecular weight excluding hydrogens is 250 g/mol. The Bertz CT molecular complexity index is 561. The van der Waals surface area contributed by atoms with Crippen LogP contribution in [0.25, 0.3) is 11.5 Å². The topological polar surface area (TPSA) is 64.9 Å². The molecule has 5 heteroatoms. The highest BCUT2D eigenvalue weighted by molar-refractivity contribution is 6.33.